The fourth-order valence-corrected chi connectivity index (χ4v) is 2.79. The number of carboxylic acid groups (broad SMARTS) is 1. The molecule has 1 unspecified atom stereocenters. The molecule has 0 bridgehead atoms. The molecule has 0 aromatic rings. The average Bonchev–Trinajstić information content (AvgIpc) is 2.38. The van der Waals surface area contributed by atoms with Crippen molar-refractivity contribution in [3.8, 4) is 0 Å². The SMILES string of the molecule is CC(C)N(C)CCNC(=O)N1CCSCC1C(=O)O. The first-order chi connectivity index (χ1) is 8.93. The number of hydrogen-bond donors (Lipinski definition) is 2. The summed E-state index contributed by atoms with van der Waals surface area (Å²) < 4.78 is 0. The minimum atomic E-state index is -0.929. The first kappa shape index (κ1) is 16.1. The van der Waals surface area contributed by atoms with E-state index in [4.69, 9.17) is 5.11 Å². The second-order valence-corrected chi connectivity index (χ2v) is 6.08. The smallest absolute Gasteiger partial charge is 0.327 e. The van der Waals surface area contributed by atoms with Crippen molar-refractivity contribution in [2.45, 2.75) is 25.9 Å². The molecule has 19 heavy (non-hydrogen) atoms. The van der Waals surface area contributed by atoms with Gasteiger partial charge in [0.15, 0.2) is 0 Å². The number of hydrogen-bond acceptors (Lipinski definition) is 4. The highest BCUT2D eigenvalue weighted by Gasteiger charge is 2.32. The number of rotatable bonds is 5. The van der Waals surface area contributed by atoms with Crippen LogP contribution in [0.4, 0.5) is 4.79 Å². The molecule has 1 rings (SSSR count). The van der Waals surface area contributed by atoms with Crippen molar-refractivity contribution < 1.29 is 14.7 Å². The van der Waals surface area contributed by atoms with Crippen LogP contribution in [0.5, 0.6) is 0 Å². The van der Waals surface area contributed by atoms with Crippen molar-refractivity contribution in [3.63, 3.8) is 0 Å². The minimum absolute atomic E-state index is 0.273. The van der Waals surface area contributed by atoms with Gasteiger partial charge in [-0.2, -0.15) is 11.8 Å². The number of nitrogens with zero attached hydrogens (tertiary/aromatic N) is 2. The third-order valence-electron chi connectivity index (χ3n) is 3.30. The van der Waals surface area contributed by atoms with Gasteiger partial charge in [0.25, 0.3) is 0 Å². The Bertz CT molecular complexity index is 325. The van der Waals surface area contributed by atoms with Crippen molar-refractivity contribution in [2.75, 3.05) is 38.2 Å². The fraction of sp³-hybridized carbons (Fsp3) is 0.833. The van der Waals surface area contributed by atoms with Gasteiger partial charge < -0.3 is 20.2 Å². The Kier molecular flexibility index (Phi) is 6.44. The molecule has 0 saturated carbocycles. The first-order valence-corrected chi connectivity index (χ1v) is 7.64. The summed E-state index contributed by atoms with van der Waals surface area (Å²) >= 11 is 1.57. The zero-order valence-electron chi connectivity index (χ0n) is 11.8. The van der Waals surface area contributed by atoms with E-state index in [9.17, 15) is 9.59 Å². The van der Waals surface area contributed by atoms with Crippen molar-refractivity contribution in [2.24, 2.45) is 0 Å². The van der Waals surface area contributed by atoms with Crippen LogP contribution in [0.3, 0.4) is 0 Å². The fourth-order valence-electron chi connectivity index (χ4n) is 1.75. The molecular formula is C12H23N3O3S. The predicted molar refractivity (Wildman–Crippen MR) is 76.6 cm³/mol. The number of urea groups is 1. The average molecular weight is 289 g/mol. The molecule has 0 aromatic carbocycles. The van der Waals surface area contributed by atoms with Gasteiger partial charge in [0.2, 0.25) is 0 Å². The van der Waals surface area contributed by atoms with Crippen molar-refractivity contribution in [1.29, 1.82) is 0 Å². The van der Waals surface area contributed by atoms with E-state index in [1.807, 2.05) is 7.05 Å². The Hall–Kier alpha value is -0.950. The Morgan fingerprint density at radius 2 is 2.21 bits per heavy atom. The van der Waals surface area contributed by atoms with E-state index in [-0.39, 0.29) is 6.03 Å². The van der Waals surface area contributed by atoms with E-state index in [1.165, 1.54) is 4.90 Å². The van der Waals surface area contributed by atoms with Crippen LogP contribution in [0, 0.1) is 0 Å². The summed E-state index contributed by atoms with van der Waals surface area (Å²) in [6, 6.07) is -0.554. The van der Waals surface area contributed by atoms with Crippen molar-refractivity contribution in [3.05, 3.63) is 0 Å². The normalized spacial score (nSPS) is 19.8. The molecule has 1 aliphatic heterocycles. The van der Waals surface area contributed by atoms with E-state index in [2.05, 4.69) is 24.1 Å². The molecule has 7 heteroatoms. The zero-order chi connectivity index (χ0) is 14.4. The third-order valence-corrected chi connectivity index (χ3v) is 4.32. The molecule has 2 amide bonds. The topological polar surface area (TPSA) is 72.9 Å². The second-order valence-electron chi connectivity index (χ2n) is 4.93. The number of carboxylic acids is 1. The van der Waals surface area contributed by atoms with Gasteiger partial charge in [-0.3, -0.25) is 0 Å². The number of nitrogens with one attached hydrogen (secondary N) is 1. The van der Waals surface area contributed by atoms with Gasteiger partial charge in [-0.15, -0.1) is 0 Å². The number of carbonyl (C=O) groups excluding carboxylic acids is 1. The summed E-state index contributed by atoms with van der Waals surface area (Å²) in [7, 11) is 1.99. The lowest BCUT2D eigenvalue weighted by Crippen LogP contribution is -2.54. The van der Waals surface area contributed by atoms with E-state index >= 15 is 0 Å². The van der Waals surface area contributed by atoms with E-state index in [1.54, 1.807) is 11.8 Å². The quantitative estimate of drug-likeness (QED) is 0.773. The van der Waals surface area contributed by atoms with Crippen LogP contribution >= 0.6 is 11.8 Å². The molecule has 6 nitrogen and oxygen atoms in total. The Morgan fingerprint density at radius 3 is 2.79 bits per heavy atom. The standard InChI is InChI=1S/C12H23N3O3S/c1-9(2)14(3)5-4-13-12(18)15-6-7-19-8-10(15)11(16)17/h9-10H,4-8H2,1-3H3,(H,13,18)(H,16,17). The van der Waals surface area contributed by atoms with Crippen molar-refractivity contribution >= 4 is 23.8 Å². The number of aliphatic carboxylic acids is 1. The van der Waals surface area contributed by atoms with Crippen LogP contribution in [-0.2, 0) is 4.79 Å². The molecular weight excluding hydrogens is 266 g/mol. The molecule has 1 atom stereocenters. The molecule has 0 aromatic heterocycles. The van der Waals surface area contributed by atoms with Gasteiger partial charge in [-0.05, 0) is 20.9 Å². The first-order valence-electron chi connectivity index (χ1n) is 6.48. The highest BCUT2D eigenvalue weighted by molar-refractivity contribution is 7.99. The van der Waals surface area contributed by atoms with Crippen LogP contribution in [0.15, 0.2) is 0 Å². The molecule has 0 spiro atoms. The lowest BCUT2D eigenvalue weighted by Gasteiger charge is -2.32. The predicted octanol–water partition coefficient (Wildman–Crippen LogP) is 0.538. The highest BCUT2D eigenvalue weighted by Crippen LogP contribution is 2.16. The number of likely N-dealkylation sites (N-methyl/N-ethyl adjacent to an activating group) is 1. The summed E-state index contributed by atoms with van der Waals surface area (Å²) in [6.07, 6.45) is 0. The van der Waals surface area contributed by atoms with Crippen LogP contribution in [-0.4, -0.2) is 77.2 Å². The molecule has 1 aliphatic rings. The number of amides is 2. The maximum Gasteiger partial charge on any atom is 0.327 e. The Morgan fingerprint density at radius 1 is 1.53 bits per heavy atom. The molecule has 1 saturated heterocycles. The summed E-state index contributed by atoms with van der Waals surface area (Å²) in [6.45, 7) is 5.95. The molecule has 2 N–H and O–H groups in total. The van der Waals surface area contributed by atoms with Crippen molar-refractivity contribution in [1.82, 2.24) is 15.1 Å². The van der Waals surface area contributed by atoms with Gasteiger partial charge in [-0.25, -0.2) is 9.59 Å². The van der Waals surface area contributed by atoms with Gasteiger partial charge in [0.05, 0.1) is 0 Å². The van der Waals surface area contributed by atoms with Gasteiger partial charge >= 0.3 is 12.0 Å². The van der Waals surface area contributed by atoms with E-state index in [0.717, 1.165) is 12.3 Å². The van der Waals surface area contributed by atoms with Crippen LogP contribution in [0.1, 0.15) is 13.8 Å². The molecule has 110 valence electrons. The maximum atomic E-state index is 12.0. The summed E-state index contributed by atoms with van der Waals surface area (Å²) in [5.41, 5.74) is 0. The zero-order valence-corrected chi connectivity index (χ0v) is 12.6. The molecule has 1 fully saturated rings. The summed E-state index contributed by atoms with van der Waals surface area (Å²) in [4.78, 5) is 26.6. The molecule has 1 heterocycles. The van der Waals surface area contributed by atoms with Gasteiger partial charge in [0, 0.05) is 37.2 Å². The largest absolute Gasteiger partial charge is 0.480 e. The second kappa shape index (κ2) is 7.59. The number of thioether (sulfide) groups is 1. The Balaban J connectivity index is 2.41. The highest BCUT2D eigenvalue weighted by atomic mass is 32.2. The minimum Gasteiger partial charge on any atom is -0.480 e. The summed E-state index contributed by atoms with van der Waals surface area (Å²) in [5.74, 6) is 0.333. The molecule has 0 aliphatic carbocycles. The molecule has 0 radical (unpaired) electrons. The summed E-state index contributed by atoms with van der Waals surface area (Å²) in [5, 5.41) is 11.9. The van der Waals surface area contributed by atoms with E-state index < -0.39 is 12.0 Å². The van der Waals surface area contributed by atoms with Crippen LogP contribution in [0.2, 0.25) is 0 Å². The maximum absolute atomic E-state index is 12.0. The van der Waals surface area contributed by atoms with Gasteiger partial charge in [-0.1, -0.05) is 0 Å². The Labute approximate surface area is 118 Å². The van der Waals surface area contributed by atoms with E-state index in [0.29, 0.717) is 24.9 Å². The third kappa shape index (κ3) is 4.91. The lowest BCUT2D eigenvalue weighted by molar-refractivity contribution is -0.141. The lowest BCUT2D eigenvalue weighted by atomic mass is 10.3. The van der Waals surface area contributed by atoms with Crippen LogP contribution in [0.25, 0.3) is 0 Å². The van der Waals surface area contributed by atoms with Crippen LogP contribution < -0.4 is 5.32 Å². The van der Waals surface area contributed by atoms with Gasteiger partial charge in [0.1, 0.15) is 6.04 Å². The monoisotopic (exact) mass is 289 g/mol. The number of carbonyl (C=O) groups is 2.